The molecule has 29 heavy (non-hydrogen) atoms. The van der Waals surface area contributed by atoms with Gasteiger partial charge in [0.2, 0.25) is 10.0 Å². The zero-order valence-electron chi connectivity index (χ0n) is 15.6. The van der Waals surface area contributed by atoms with Crippen LogP contribution < -0.4 is 15.0 Å². The summed E-state index contributed by atoms with van der Waals surface area (Å²) in [5.74, 6) is -0.803. The Morgan fingerprint density at radius 1 is 1.14 bits per heavy atom. The van der Waals surface area contributed by atoms with Gasteiger partial charge in [0, 0.05) is 37.1 Å². The maximum absolute atomic E-state index is 13.7. The van der Waals surface area contributed by atoms with E-state index >= 15 is 0 Å². The Bertz CT molecular complexity index is 1150. The minimum Gasteiger partial charge on any atom is -0.494 e. The van der Waals surface area contributed by atoms with Gasteiger partial charge in [0.05, 0.1) is 17.7 Å². The highest BCUT2D eigenvalue weighted by Crippen LogP contribution is 2.20. The standard InChI is InChI=1S/C19H19FN4O4S/c1-28-18-5-3-15(13-16(18)20)29(26,27)22-9-2-12-24-19(25)6-4-17(23-24)14-7-10-21-11-8-14/h3-8,10-11,13,22H,2,9,12H2,1H3. The Kier molecular flexibility index (Phi) is 6.35. The zero-order valence-corrected chi connectivity index (χ0v) is 16.4. The molecule has 3 aromatic rings. The van der Waals surface area contributed by atoms with E-state index in [-0.39, 0.29) is 29.3 Å². The van der Waals surface area contributed by atoms with E-state index in [0.29, 0.717) is 12.1 Å². The highest BCUT2D eigenvalue weighted by atomic mass is 32.2. The number of hydrogen-bond acceptors (Lipinski definition) is 6. The first-order valence-electron chi connectivity index (χ1n) is 8.72. The number of aromatic nitrogens is 3. The molecule has 152 valence electrons. The summed E-state index contributed by atoms with van der Waals surface area (Å²) in [6.07, 6.45) is 3.58. The van der Waals surface area contributed by atoms with Crippen LogP contribution in [-0.2, 0) is 16.6 Å². The van der Waals surface area contributed by atoms with Crippen molar-refractivity contribution < 1.29 is 17.5 Å². The van der Waals surface area contributed by atoms with Crippen LogP contribution in [0.4, 0.5) is 4.39 Å². The SMILES string of the molecule is COc1ccc(S(=O)(=O)NCCCn2nc(-c3ccncc3)ccc2=O)cc1F. The number of halogens is 1. The molecule has 0 saturated carbocycles. The second-order valence-corrected chi connectivity index (χ2v) is 7.83. The molecule has 2 heterocycles. The Morgan fingerprint density at radius 3 is 2.59 bits per heavy atom. The zero-order chi connectivity index (χ0) is 20.9. The molecule has 2 aromatic heterocycles. The molecule has 0 radical (unpaired) electrons. The minimum atomic E-state index is -3.88. The molecule has 0 unspecified atom stereocenters. The van der Waals surface area contributed by atoms with E-state index in [1.807, 2.05) is 0 Å². The first-order chi connectivity index (χ1) is 13.9. The van der Waals surface area contributed by atoms with Gasteiger partial charge in [-0.25, -0.2) is 22.2 Å². The van der Waals surface area contributed by atoms with Crippen LogP contribution in [0.3, 0.4) is 0 Å². The van der Waals surface area contributed by atoms with Crippen LogP contribution in [-0.4, -0.2) is 36.8 Å². The molecule has 8 nitrogen and oxygen atoms in total. The van der Waals surface area contributed by atoms with E-state index < -0.39 is 15.8 Å². The van der Waals surface area contributed by atoms with Crippen LogP contribution in [0.25, 0.3) is 11.3 Å². The normalized spacial score (nSPS) is 11.4. The summed E-state index contributed by atoms with van der Waals surface area (Å²) < 4.78 is 46.8. The Hall–Kier alpha value is -3.11. The van der Waals surface area contributed by atoms with Gasteiger partial charge in [0.25, 0.3) is 5.56 Å². The van der Waals surface area contributed by atoms with Crippen molar-refractivity contribution in [3.8, 4) is 17.0 Å². The lowest BCUT2D eigenvalue weighted by atomic mass is 10.2. The number of nitrogens with one attached hydrogen (secondary N) is 1. The van der Waals surface area contributed by atoms with Crippen molar-refractivity contribution in [2.45, 2.75) is 17.9 Å². The molecule has 0 aliphatic heterocycles. The third-order valence-corrected chi connectivity index (χ3v) is 5.57. The van der Waals surface area contributed by atoms with E-state index in [9.17, 15) is 17.6 Å². The average molecular weight is 418 g/mol. The fraction of sp³-hybridized carbons (Fsp3) is 0.211. The molecular weight excluding hydrogens is 399 g/mol. The maximum atomic E-state index is 13.7. The molecule has 0 atom stereocenters. The van der Waals surface area contributed by atoms with Crippen LogP contribution in [0.2, 0.25) is 0 Å². The summed E-state index contributed by atoms with van der Waals surface area (Å²) in [7, 11) is -2.59. The Balaban J connectivity index is 1.63. The summed E-state index contributed by atoms with van der Waals surface area (Å²) in [5.41, 5.74) is 1.14. The van der Waals surface area contributed by atoms with Crippen LogP contribution in [0, 0.1) is 5.82 Å². The highest BCUT2D eigenvalue weighted by Gasteiger charge is 2.16. The van der Waals surface area contributed by atoms with Crippen LogP contribution in [0.5, 0.6) is 5.75 Å². The Labute approximate surface area is 167 Å². The van der Waals surface area contributed by atoms with E-state index in [2.05, 4.69) is 14.8 Å². The molecular formula is C19H19FN4O4S. The number of ether oxygens (including phenoxy) is 1. The number of aryl methyl sites for hydroxylation is 1. The van der Waals surface area contributed by atoms with Crippen molar-refractivity contribution in [3.05, 3.63) is 71.0 Å². The van der Waals surface area contributed by atoms with Crippen LogP contribution in [0.15, 0.2) is 64.5 Å². The summed E-state index contributed by atoms with van der Waals surface area (Å²) in [6.45, 7) is 0.279. The van der Waals surface area contributed by atoms with Gasteiger partial charge < -0.3 is 4.74 Å². The molecule has 3 rings (SSSR count). The number of methoxy groups -OCH3 is 1. The van der Waals surface area contributed by atoms with Crippen molar-refractivity contribution in [1.29, 1.82) is 0 Å². The van der Waals surface area contributed by atoms with Crippen molar-refractivity contribution in [1.82, 2.24) is 19.5 Å². The lowest BCUT2D eigenvalue weighted by Crippen LogP contribution is -2.28. The smallest absolute Gasteiger partial charge is 0.266 e. The molecule has 1 aromatic carbocycles. The summed E-state index contributed by atoms with van der Waals surface area (Å²) in [5, 5.41) is 4.30. The maximum Gasteiger partial charge on any atom is 0.266 e. The number of sulfonamides is 1. The number of nitrogens with zero attached hydrogens (tertiary/aromatic N) is 3. The van der Waals surface area contributed by atoms with Crippen molar-refractivity contribution in [3.63, 3.8) is 0 Å². The second-order valence-electron chi connectivity index (χ2n) is 6.06. The van der Waals surface area contributed by atoms with Crippen molar-refractivity contribution >= 4 is 10.0 Å². The van der Waals surface area contributed by atoms with Gasteiger partial charge >= 0.3 is 0 Å². The molecule has 0 spiro atoms. The first kappa shape index (κ1) is 20.6. The predicted molar refractivity (Wildman–Crippen MR) is 104 cm³/mol. The van der Waals surface area contributed by atoms with Crippen LogP contribution in [0.1, 0.15) is 6.42 Å². The number of pyridine rings is 1. The van der Waals surface area contributed by atoms with E-state index in [4.69, 9.17) is 4.74 Å². The quantitative estimate of drug-likeness (QED) is 0.560. The van der Waals surface area contributed by atoms with Gasteiger partial charge in [0.15, 0.2) is 11.6 Å². The monoisotopic (exact) mass is 418 g/mol. The summed E-state index contributed by atoms with van der Waals surface area (Å²) in [6, 6.07) is 9.98. The molecule has 1 N–H and O–H groups in total. The van der Waals surface area contributed by atoms with Crippen molar-refractivity contribution in [2.75, 3.05) is 13.7 Å². The topological polar surface area (TPSA) is 103 Å². The lowest BCUT2D eigenvalue weighted by molar-refractivity contribution is 0.385. The molecule has 10 heteroatoms. The number of hydrogen-bond donors (Lipinski definition) is 1. The van der Waals surface area contributed by atoms with E-state index in [0.717, 1.165) is 11.6 Å². The predicted octanol–water partition coefficient (Wildman–Crippen LogP) is 1.82. The van der Waals surface area contributed by atoms with Gasteiger partial charge in [-0.05, 0) is 42.8 Å². The molecule has 0 amide bonds. The van der Waals surface area contributed by atoms with E-state index in [1.165, 1.54) is 30.0 Å². The minimum absolute atomic E-state index is 0.0384. The van der Waals surface area contributed by atoms with Crippen LogP contribution >= 0.6 is 0 Å². The van der Waals surface area contributed by atoms with Gasteiger partial charge in [-0.3, -0.25) is 9.78 Å². The molecule has 0 fully saturated rings. The fourth-order valence-corrected chi connectivity index (χ4v) is 3.70. The average Bonchev–Trinajstić information content (AvgIpc) is 2.73. The molecule has 0 bridgehead atoms. The number of benzene rings is 1. The van der Waals surface area contributed by atoms with E-state index in [1.54, 1.807) is 30.6 Å². The highest BCUT2D eigenvalue weighted by molar-refractivity contribution is 7.89. The third kappa shape index (κ3) is 5.04. The van der Waals surface area contributed by atoms with Gasteiger partial charge in [-0.2, -0.15) is 5.10 Å². The fourth-order valence-electron chi connectivity index (χ4n) is 2.62. The second kappa shape index (κ2) is 8.93. The molecule has 0 aliphatic rings. The van der Waals surface area contributed by atoms with Gasteiger partial charge in [-0.1, -0.05) is 0 Å². The lowest BCUT2D eigenvalue weighted by Gasteiger charge is -2.09. The first-order valence-corrected chi connectivity index (χ1v) is 10.2. The third-order valence-electron chi connectivity index (χ3n) is 4.12. The van der Waals surface area contributed by atoms with Gasteiger partial charge in [0.1, 0.15) is 0 Å². The summed E-state index contributed by atoms with van der Waals surface area (Å²) in [4.78, 5) is 15.7. The van der Waals surface area contributed by atoms with Crippen molar-refractivity contribution in [2.24, 2.45) is 0 Å². The Morgan fingerprint density at radius 2 is 1.90 bits per heavy atom. The number of rotatable bonds is 8. The van der Waals surface area contributed by atoms with Gasteiger partial charge in [-0.15, -0.1) is 0 Å². The largest absolute Gasteiger partial charge is 0.494 e. The molecule has 0 saturated heterocycles. The molecule has 0 aliphatic carbocycles. The summed E-state index contributed by atoms with van der Waals surface area (Å²) >= 11 is 0.